The van der Waals surface area contributed by atoms with E-state index in [0.29, 0.717) is 36.4 Å². The van der Waals surface area contributed by atoms with Crippen LogP contribution in [0.2, 0.25) is 0 Å². The third-order valence-corrected chi connectivity index (χ3v) is 4.97. The number of benzene rings is 2. The van der Waals surface area contributed by atoms with Crippen molar-refractivity contribution < 1.29 is 33.3 Å². The number of rotatable bonds is 7. The summed E-state index contributed by atoms with van der Waals surface area (Å²) in [5.74, 6) is -0.723. The second-order valence-electron chi connectivity index (χ2n) is 6.96. The second-order valence-corrected chi connectivity index (χ2v) is 6.96. The number of fused-ring (bicyclic) bond motifs is 1. The van der Waals surface area contributed by atoms with Crippen molar-refractivity contribution in [2.75, 3.05) is 34.0 Å². The molecule has 9 heteroatoms. The summed E-state index contributed by atoms with van der Waals surface area (Å²) in [5, 5.41) is 8.93. The fourth-order valence-corrected chi connectivity index (χ4v) is 3.22. The van der Waals surface area contributed by atoms with E-state index in [0.717, 1.165) is 11.1 Å². The summed E-state index contributed by atoms with van der Waals surface area (Å²) in [7, 11) is 2.51. The van der Waals surface area contributed by atoms with Crippen LogP contribution in [-0.4, -0.2) is 56.7 Å². The summed E-state index contributed by atoms with van der Waals surface area (Å²) in [4.78, 5) is 37.6. The van der Waals surface area contributed by atoms with Crippen LogP contribution in [-0.2, 0) is 32.0 Å². The van der Waals surface area contributed by atoms with Gasteiger partial charge in [0.2, 0.25) is 0 Å². The Bertz CT molecular complexity index is 1060. The second kappa shape index (κ2) is 10.3. The van der Waals surface area contributed by atoms with E-state index in [1.165, 1.54) is 14.2 Å². The van der Waals surface area contributed by atoms with Crippen molar-refractivity contribution in [3.63, 3.8) is 0 Å². The Labute approximate surface area is 185 Å². The lowest BCUT2D eigenvalue weighted by molar-refractivity contribution is -0.144. The smallest absolute Gasteiger partial charge is 0.343 e. The third-order valence-electron chi connectivity index (χ3n) is 4.97. The number of nitrogens with zero attached hydrogens (tertiary/aromatic N) is 2. The molecule has 0 aromatic heterocycles. The molecule has 0 N–H and O–H groups in total. The molecule has 3 rings (SSSR count). The van der Waals surface area contributed by atoms with E-state index in [2.05, 4.69) is 9.47 Å². The molecule has 32 heavy (non-hydrogen) atoms. The highest BCUT2D eigenvalue weighted by Gasteiger charge is 2.24. The van der Waals surface area contributed by atoms with E-state index in [1.54, 1.807) is 41.3 Å². The number of nitriles is 1. The van der Waals surface area contributed by atoms with Gasteiger partial charge in [-0.15, -0.1) is 0 Å². The molecular weight excluding hydrogens is 416 g/mol. The van der Waals surface area contributed by atoms with Gasteiger partial charge in [-0.25, -0.2) is 9.59 Å². The molecule has 0 atom stereocenters. The van der Waals surface area contributed by atoms with Gasteiger partial charge in [0.1, 0.15) is 0 Å². The van der Waals surface area contributed by atoms with Gasteiger partial charge < -0.3 is 23.8 Å². The van der Waals surface area contributed by atoms with Crippen molar-refractivity contribution in [3.05, 3.63) is 58.7 Å². The first-order chi connectivity index (χ1) is 15.4. The van der Waals surface area contributed by atoms with E-state index in [1.807, 2.05) is 6.07 Å². The summed E-state index contributed by atoms with van der Waals surface area (Å²) in [5.41, 5.74) is 2.76. The first-order valence-electron chi connectivity index (χ1n) is 9.79. The number of hydrogen-bond donors (Lipinski definition) is 0. The van der Waals surface area contributed by atoms with Crippen molar-refractivity contribution in [1.82, 2.24) is 4.90 Å². The molecule has 1 aliphatic rings. The molecule has 0 unspecified atom stereocenters. The normalized spacial score (nSPS) is 12.2. The average molecular weight is 438 g/mol. The Morgan fingerprint density at radius 1 is 0.938 bits per heavy atom. The molecule has 9 nitrogen and oxygen atoms in total. The third kappa shape index (κ3) is 5.35. The zero-order valence-electron chi connectivity index (χ0n) is 17.8. The zero-order valence-corrected chi connectivity index (χ0v) is 17.8. The molecule has 1 heterocycles. The highest BCUT2D eigenvalue weighted by molar-refractivity contribution is 5.94. The topological polar surface area (TPSA) is 115 Å². The van der Waals surface area contributed by atoms with Gasteiger partial charge in [0.25, 0.3) is 5.91 Å². The minimum Gasteiger partial charge on any atom is -0.478 e. The lowest BCUT2D eigenvalue weighted by Crippen LogP contribution is -2.36. The average Bonchev–Trinajstić information content (AvgIpc) is 2.84. The van der Waals surface area contributed by atoms with Crippen LogP contribution >= 0.6 is 0 Å². The summed E-state index contributed by atoms with van der Waals surface area (Å²) >= 11 is 0. The fourth-order valence-electron chi connectivity index (χ4n) is 3.22. The Morgan fingerprint density at radius 2 is 1.50 bits per heavy atom. The van der Waals surface area contributed by atoms with Crippen LogP contribution in [0.15, 0.2) is 36.4 Å². The van der Waals surface area contributed by atoms with Crippen LogP contribution in [0.25, 0.3) is 0 Å². The fraction of sp³-hybridized carbons (Fsp3) is 0.304. The maximum absolute atomic E-state index is 12.9. The van der Waals surface area contributed by atoms with E-state index in [-0.39, 0.29) is 24.9 Å². The number of carbonyl (C=O) groups excluding carboxylic acids is 3. The van der Waals surface area contributed by atoms with Gasteiger partial charge in [0.15, 0.2) is 24.7 Å². The van der Waals surface area contributed by atoms with Crippen LogP contribution in [0.4, 0.5) is 0 Å². The first-order valence-corrected chi connectivity index (χ1v) is 9.79. The molecule has 1 aliphatic heterocycles. The molecule has 0 saturated carbocycles. The molecule has 1 amide bonds. The number of esters is 2. The van der Waals surface area contributed by atoms with Crippen molar-refractivity contribution in [1.29, 1.82) is 5.26 Å². The monoisotopic (exact) mass is 438 g/mol. The molecule has 0 spiro atoms. The van der Waals surface area contributed by atoms with Crippen LogP contribution < -0.4 is 9.47 Å². The molecule has 0 radical (unpaired) electrons. The summed E-state index contributed by atoms with van der Waals surface area (Å²) < 4.78 is 20.3. The maximum Gasteiger partial charge on any atom is 0.343 e. The Balaban J connectivity index is 1.82. The lowest BCUT2D eigenvalue weighted by Gasteiger charge is -2.30. The Morgan fingerprint density at radius 3 is 2.03 bits per heavy atom. The van der Waals surface area contributed by atoms with Crippen LogP contribution in [0.3, 0.4) is 0 Å². The quantitative estimate of drug-likeness (QED) is 0.602. The molecular formula is C23H22N2O7. The van der Waals surface area contributed by atoms with Gasteiger partial charge in [-0.3, -0.25) is 4.79 Å². The van der Waals surface area contributed by atoms with Gasteiger partial charge in [0, 0.05) is 18.7 Å². The van der Waals surface area contributed by atoms with E-state index in [4.69, 9.17) is 14.7 Å². The van der Waals surface area contributed by atoms with Gasteiger partial charge in [-0.2, -0.15) is 5.26 Å². The first kappa shape index (κ1) is 22.6. The van der Waals surface area contributed by atoms with Crippen molar-refractivity contribution in [3.8, 4) is 17.6 Å². The molecule has 0 saturated heterocycles. The maximum atomic E-state index is 12.9. The van der Waals surface area contributed by atoms with E-state index >= 15 is 0 Å². The van der Waals surface area contributed by atoms with Crippen molar-refractivity contribution in [2.45, 2.75) is 13.0 Å². The van der Waals surface area contributed by atoms with Crippen LogP contribution in [0.1, 0.15) is 27.0 Å². The number of ether oxygens (including phenoxy) is 4. The van der Waals surface area contributed by atoms with Crippen molar-refractivity contribution in [2.24, 2.45) is 0 Å². The number of methoxy groups -OCH3 is 2. The van der Waals surface area contributed by atoms with Gasteiger partial charge in [0.05, 0.1) is 25.9 Å². The summed E-state index contributed by atoms with van der Waals surface area (Å²) in [6.07, 6.45) is 0.573. The minimum atomic E-state index is -0.570. The largest absolute Gasteiger partial charge is 0.478 e. The summed E-state index contributed by atoms with van der Waals surface area (Å²) in [6, 6.07) is 11.9. The highest BCUT2D eigenvalue weighted by Crippen LogP contribution is 2.34. The molecule has 0 bridgehead atoms. The zero-order chi connectivity index (χ0) is 23.1. The van der Waals surface area contributed by atoms with Gasteiger partial charge in [-0.05, 0) is 53.9 Å². The van der Waals surface area contributed by atoms with Crippen molar-refractivity contribution >= 4 is 17.8 Å². The Hall–Kier alpha value is -4.06. The minimum absolute atomic E-state index is 0.150. The van der Waals surface area contributed by atoms with Gasteiger partial charge in [-0.1, -0.05) is 0 Å². The highest BCUT2D eigenvalue weighted by atomic mass is 16.6. The summed E-state index contributed by atoms with van der Waals surface area (Å²) in [6.45, 7) is 0.176. The molecule has 0 fully saturated rings. The SMILES string of the molecule is COC(=O)COc1cc2c(cc1OCC(=O)OC)CN(C(=O)c1ccc(C#N)cc1)CC2. The van der Waals surface area contributed by atoms with Gasteiger partial charge >= 0.3 is 11.9 Å². The van der Waals surface area contributed by atoms with Crippen LogP contribution in [0.5, 0.6) is 11.5 Å². The number of amides is 1. The lowest BCUT2D eigenvalue weighted by atomic mass is 9.98. The van der Waals surface area contributed by atoms with E-state index in [9.17, 15) is 14.4 Å². The standard InChI is InChI=1S/C23H22N2O7/c1-29-21(26)13-31-19-9-17-7-8-25(23(28)16-5-3-15(11-24)4-6-16)12-18(17)10-20(19)32-14-22(27)30-2/h3-6,9-10H,7-8,12-14H2,1-2H3. The number of carbonyl (C=O) groups is 3. The molecule has 166 valence electrons. The molecule has 2 aromatic carbocycles. The number of hydrogen-bond acceptors (Lipinski definition) is 8. The van der Waals surface area contributed by atoms with E-state index < -0.39 is 11.9 Å². The predicted molar refractivity (Wildman–Crippen MR) is 111 cm³/mol. The molecule has 0 aliphatic carbocycles. The predicted octanol–water partition coefficient (Wildman–Crippen LogP) is 1.86. The molecule has 2 aromatic rings. The van der Waals surface area contributed by atoms with Crippen LogP contribution in [0, 0.1) is 11.3 Å². The Kier molecular flexibility index (Phi) is 7.29.